The number of rotatable bonds is 7. The predicted molar refractivity (Wildman–Crippen MR) is 133 cm³/mol. The molecule has 33 heavy (non-hydrogen) atoms. The van der Waals surface area contributed by atoms with Gasteiger partial charge in [-0.1, -0.05) is 48.1 Å². The minimum absolute atomic E-state index is 0.206. The normalized spacial score (nSPS) is 19.3. The van der Waals surface area contributed by atoms with Crippen LogP contribution in [0.3, 0.4) is 0 Å². The molecule has 1 aliphatic heterocycles. The fraction of sp³-hybridized carbons (Fsp3) is 0.308. The number of nitrogens with one attached hydrogen (secondary N) is 1. The molecule has 1 fully saturated rings. The van der Waals surface area contributed by atoms with Crippen molar-refractivity contribution in [3.63, 3.8) is 0 Å². The summed E-state index contributed by atoms with van der Waals surface area (Å²) < 4.78 is 36.0. The maximum Gasteiger partial charge on any atom is 0.259 e. The zero-order chi connectivity index (χ0) is 23.4. The van der Waals surface area contributed by atoms with Crippen LogP contribution in [0.25, 0.3) is 5.70 Å². The monoisotopic (exact) mass is 467 g/mol. The van der Waals surface area contributed by atoms with Crippen LogP contribution in [0, 0.1) is 5.82 Å². The van der Waals surface area contributed by atoms with Crippen molar-refractivity contribution < 1.29 is 13.2 Å². The van der Waals surface area contributed by atoms with Gasteiger partial charge in [0.05, 0.1) is 6.04 Å². The third-order valence-corrected chi connectivity index (χ3v) is 6.50. The number of allylic oxidation sites excluding steroid dienone is 3. The molecule has 0 saturated carbocycles. The lowest BCUT2D eigenvalue weighted by molar-refractivity contribution is 0.132. The molecule has 1 aliphatic carbocycles. The van der Waals surface area contributed by atoms with E-state index in [1.54, 1.807) is 0 Å². The van der Waals surface area contributed by atoms with Crippen LogP contribution in [0.4, 0.5) is 10.1 Å². The summed E-state index contributed by atoms with van der Waals surface area (Å²) in [5.74, 6) is -0.206. The van der Waals surface area contributed by atoms with Crippen LogP contribution >= 0.6 is 0 Å². The number of nitrogens with zero attached hydrogens (tertiary/aromatic N) is 2. The Kier molecular flexibility index (Phi) is 7.42. The molecular formula is C26H30FN3O2S. The highest BCUT2D eigenvalue weighted by molar-refractivity contribution is 7.80. The smallest absolute Gasteiger partial charge is 0.259 e. The predicted octanol–water partition coefficient (Wildman–Crippen LogP) is 5.20. The Morgan fingerprint density at radius 1 is 1.12 bits per heavy atom. The molecule has 2 aromatic carbocycles. The number of halogens is 1. The van der Waals surface area contributed by atoms with Gasteiger partial charge in [0.1, 0.15) is 5.82 Å². The number of benzene rings is 2. The second kappa shape index (κ2) is 10.5. The fourth-order valence-corrected chi connectivity index (χ4v) is 4.98. The largest absolute Gasteiger partial charge is 0.361 e. The van der Waals surface area contributed by atoms with Crippen LogP contribution in [0.2, 0.25) is 0 Å². The quantitative estimate of drug-likeness (QED) is 0.550. The SMILES string of the molecule is CC(C)=C(c1ccc(NS(=O)O)cc1)N1CCN(Cc2ccc(F)cc2)CC1C1=CCC=C1. The summed E-state index contributed by atoms with van der Waals surface area (Å²) in [6.07, 6.45) is 7.68. The van der Waals surface area contributed by atoms with Crippen LogP contribution in [0.5, 0.6) is 0 Å². The Bertz CT molecular complexity index is 1090. The van der Waals surface area contributed by atoms with Crippen molar-refractivity contribution in [2.75, 3.05) is 24.4 Å². The molecule has 7 heteroatoms. The molecule has 2 aromatic rings. The summed E-state index contributed by atoms with van der Waals surface area (Å²) in [5, 5.41) is 0. The summed E-state index contributed by atoms with van der Waals surface area (Å²) in [6.45, 7) is 7.72. The number of hydrogen-bond acceptors (Lipinski definition) is 3. The first-order valence-corrected chi connectivity index (χ1v) is 12.3. The zero-order valence-electron chi connectivity index (χ0n) is 19.0. The Morgan fingerprint density at radius 2 is 1.85 bits per heavy atom. The highest BCUT2D eigenvalue weighted by Gasteiger charge is 2.31. The standard InChI is InChI=1S/C26H30FN3O2S/c1-19(2)26(22-9-13-24(14-10-22)28-33(31)32)30-16-15-29(17-20-7-11-23(27)12-8-20)18-25(30)21-5-3-4-6-21/h3,5-14,25,28H,4,15-18H2,1-2H3,(H,31,32). The lowest BCUT2D eigenvalue weighted by Crippen LogP contribution is -2.52. The average Bonchev–Trinajstić information content (AvgIpc) is 3.32. The highest BCUT2D eigenvalue weighted by Crippen LogP contribution is 2.33. The molecule has 0 aromatic heterocycles. The molecule has 0 radical (unpaired) electrons. The molecule has 2 aliphatic rings. The molecule has 0 bridgehead atoms. The van der Waals surface area contributed by atoms with Gasteiger partial charge in [-0.25, -0.2) is 8.60 Å². The number of piperazine rings is 1. The van der Waals surface area contributed by atoms with Gasteiger partial charge in [0, 0.05) is 37.6 Å². The second-order valence-electron chi connectivity index (χ2n) is 8.69. The Morgan fingerprint density at radius 3 is 2.45 bits per heavy atom. The van der Waals surface area contributed by atoms with E-state index < -0.39 is 11.3 Å². The lowest BCUT2D eigenvalue weighted by atomic mass is 9.97. The summed E-state index contributed by atoms with van der Waals surface area (Å²) >= 11 is -2.09. The molecule has 0 spiro atoms. The van der Waals surface area contributed by atoms with Crippen molar-refractivity contribution in [3.8, 4) is 0 Å². The molecule has 1 saturated heterocycles. The van der Waals surface area contributed by atoms with Crippen LogP contribution in [-0.2, 0) is 17.8 Å². The van der Waals surface area contributed by atoms with Gasteiger partial charge in [0.2, 0.25) is 0 Å². The second-order valence-corrected chi connectivity index (χ2v) is 9.39. The Hall–Kier alpha value is -2.74. The van der Waals surface area contributed by atoms with Gasteiger partial charge in [-0.2, -0.15) is 0 Å². The van der Waals surface area contributed by atoms with E-state index in [1.807, 2.05) is 36.4 Å². The summed E-state index contributed by atoms with van der Waals surface area (Å²) in [5.41, 5.74) is 6.55. The van der Waals surface area contributed by atoms with E-state index in [4.69, 9.17) is 4.55 Å². The van der Waals surface area contributed by atoms with E-state index in [0.29, 0.717) is 5.69 Å². The average molecular weight is 468 g/mol. The third-order valence-electron chi connectivity index (χ3n) is 6.09. The Labute approximate surface area is 197 Å². The topological polar surface area (TPSA) is 55.8 Å². The molecule has 174 valence electrons. The first-order chi connectivity index (χ1) is 15.9. The minimum atomic E-state index is -2.09. The van der Waals surface area contributed by atoms with Crippen molar-refractivity contribution in [3.05, 3.63) is 94.8 Å². The maximum atomic E-state index is 13.3. The molecule has 1 heterocycles. The lowest BCUT2D eigenvalue weighted by Gasteiger charge is -2.45. The van der Waals surface area contributed by atoms with Gasteiger partial charge in [0.15, 0.2) is 0 Å². The molecule has 5 nitrogen and oxygen atoms in total. The van der Waals surface area contributed by atoms with Gasteiger partial charge in [-0.3, -0.25) is 14.2 Å². The van der Waals surface area contributed by atoms with Crippen molar-refractivity contribution in [1.29, 1.82) is 0 Å². The van der Waals surface area contributed by atoms with Gasteiger partial charge in [-0.15, -0.1) is 0 Å². The van der Waals surface area contributed by atoms with Crippen molar-refractivity contribution in [2.45, 2.75) is 32.9 Å². The van der Waals surface area contributed by atoms with Gasteiger partial charge < -0.3 is 4.90 Å². The van der Waals surface area contributed by atoms with E-state index in [-0.39, 0.29) is 11.9 Å². The summed E-state index contributed by atoms with van der Waals surface area (Å²) in [7, 11) is 0. The first kappa shape index (κ1) is 23.4. The maximum absolute atomic E-state index is 13.3. The minimum Gasteiger partial charge on any atom is -0.361 e. The molecule has 2 atom stereocenters. The molecule has 0 amide bonds. The van der Waals surface area contributed by atoms with E-state index in [0.717, 1.165) is 43.7 Å². The number of anilines is 1. The summed E-state index contributed by atoms with van der Waals surface area (Å²) in [4.78, 5) is 4.93. The van der Waals surface area contributed by atoms with Gasteiger partial charge in [0.25, 0.3) is 11.3 Å². The van der Waals surface area contributed by atoms with Crippen molar-refractivity contribution in [1.82, 2.24) is 9.80 Å². The Balaban J connectivity index is 1.59. The van der Waals surface area contributed by atoms with E-state index in [1.165, 1.54) is 29.0 Å². The molecule has 2 unspecified atom stereocenters. The number of hydrogen-bond donors (Lipinski definition) is 2. The van der Waals surface area contributed by atoms with Crippen molar-refractivity contribution >= 4 is 22.7 Å². The molecular weight excluding hydrogens is 437 g/mol. The summed E-state index contributed by atoms with van der Waals surface area (Å²) in [6, 6.07) is 14.7. The van der Waals surface area contributed by atoms with Crippen LogP contribution in [0.15, 0.2) is 77.9 Å². The van der Waals surface area contributed by atoms with E-state index >= 15 is 0 Å². The van der Waals surface area contributed by atoms with Crippen molar-refractivity contribution in [2.24, 2.45) is 0 Å². The first-order valence-electron chi connectivity index (χ1n) is 11.2. The van der Waals surface area contributed by atoms with Crippen LogP contribution < -0.4 is 4.72 Å². The van der Waals surface area contributed by atoms with Gasteiger partial charge in [-0.05, 0) is 61.2 Å². The van der Waals surface area contributed by atoms with E-state index in [2.05, 4.69) is 46.6 Å². The van der Waals surface area contributed by atoms with Crippen LogP contribution in [0.1, 0.15) is 31.4 Å². The fourth-order valence-electron chi connectivity index (χ4n) is 4.65. The molecule has 2 N–H and O–H groups in total. The third kappa shape index (κ3) is 5.79. The zero-order valence-corrected chi connectivity index (χ0v) is 19.8. The molecule has 4 rings (SSSR count). The highest BCUT2D eigenvalue weighted by atomic mass is 32.2. The van der Waals surface area contributed by atoms with Crippen LogP contribution in [-0.4, -0.2) is 44.2 Å². The van der Waals surface area contributed by atoms with Gasteiger partial charge >= 0.3 is 0 Å². The van der Waals surface area contributed by atoms with E-state index in [9.17, 15) is 8.60 Å².